The molecule has 5 heteroatoms. The molecule has 0 unspecified atom stereocenters. The maximum Gasteiger partial charge on any atom is 0.236 e. The van der Waals surface area contributed by atoms with Gasteiger partial charge in [0.2, 0.25) is 11.8 Å². The molecule has 0 radical (unpaired) electrons. The van der Waals surface area contributed by atoms with E-state index in [0.29, 0.717) is 18.2 Å². The Labute approximate surface area is 157 Å². The second kappa shape index (κ2) is 7.46. The molecular weight excluding hydrogens is 344 g/mol. The number of aryl methyl sites for hydroxylation is 1. The first-order chi connectivity index (χ1) is 12.7. The Kier molecular flexibility index (Phi) is 4.89. The van der Waals surface area contributed by atoms with E-state index in [0.717, 1.165) is 42.3 Å². The zero-order chi connectivity index (χ0) is 17.9. The van der Waals surface area contributed by atoms with Gasteiger partial charge in [-0.15, -0.1) is 11.3 Å². The molecule has 3 aromatic rings. The smallest absolute Gasteiger partial charge is 0.236 e. The summed E-state index contributed by atoms with van der Waals surface area (Å²) in [5.74, 6) is 2.05. The number of amides is 1. The summed E-state index contributed by atoms with van der Waals surface area (Å²) in [5.41, 5.74) is 2.14. The zero-order valence-corrected chi connectivity index (χ0v) is 15.7. The van der Waals surface area contributed by atoms with Crippen LogP contribution in [0, 0.1) is 6.92 Å². The quantitative estimate of drug-likeness (QED) is 0.675. The highest BCUT2D eigenvalue weighted by Crippen LogP contribution is 2.29. The molecule has 0 saturated carbocycles. The van der Waals surface area contributed by atoms with Crippen LogP contribution in [0.15, 0.2) is 52.3 Å². The standard InChI is InChI=1S/C21H22N2O2S/c1-15-18(22-21(25-15)19-8-5-13-26-19)14-20(24)23-11-9-17(10-12-23)16-6-3-2-4-7-16/h2-8,13,17H,9-12,14H2,1H3. The molecule has 0 spiro atoms. The fourth-order valence-corrected chi connectivity index (χ4v) is 4.19. The van der Waals surface area contributed by atoms with Crippen molar-refractivity contribution >= 4 is 17.2 Å². The molecular formula is C21H22N2O2S. The van der Waals surface area contributed by atoms with E-state index in [1.807, 2.05) is 35.4 Å². The highest BCUT2D eigenvalue weighted by Gasteiger charge is 2.25. The van der Waals surface area contributed by atoms with Crippen molar-refractivity contribution in [2.24, 2.45) is 0 Å². The van der Waals surface area contributed by atoms with Gasteiger partial charge in [0.05, 0.1) is 17.0 Å². The van der Waals surface area contributed by atoms with Crippen LogP contribution in [-0.2, 0) is 11.2 Å². The van der Waals surface area contributed by atoms with Gasteiger partial charge in [0.25, 0.3) is 0 Å². The molecule has 0 atom stereocenters. The van der Waals surface area contributed by atoms with Crippen molar-refractivity contribution in [3.8, 4) is 10.8 Å². The molecule has 3 heterocycles. The number of benzene rings is 1. The lowest BCUT2D eigenvalue weighted by molar-refractivity contribution is -0.131. The number of thiophene rings is 1. The Morgan fingerprint density at radius 2 is 1.96 bits per heavy atom. The second-order valence-corrected chi connectivity index (χ2v) is 7.69. The third-order valence-corrected chi connectivity index (χ3v) is 5.92. The van der Waals surface area contributed by atoms with Crippen LogP contribution < -0.4 is 0 Å². The molecule has 26 heavy (non-hydrogen) atoms. The summed E-state index contributed by atoms with van der Waals surface area (Å²) in [7, 11) is 0. The van der Waals surface area contributed by atoms with Gasteiger partial charge in [-0.25, -0.2) is 4.98 Å². The molecule has 1 aliphatic rings. The average Bonchev–Trinajstić information content (AvgIpc) is 3.33. The van der Waals surface area contributed by atoms with E-state index >= 15 is 0 Å². The van der Waals surface area contributed by atoms with Gasteiger partial charge in [-0.2, -0.15) is 0 Å². The number of likely N-dealkylation sites (tertiary alicyclic amines) is 1. The minimum Gasteiger partial charge on any atom is -0.440 e. The van der Waals surface area contributed by atoms with Crippen molar-refractivity contribution in [3.05, 3.63) is 64.9 Å². The topological polar surface area (TPSA) is 46.3 Å². The largest absolute Gasteiger partial charge is 0.440 e. The molecule has 0 bridgehead atoms. The molecule has 1 amide bonds. The lowest BCUT2D eigenvalue weighted by Crippen LogP contribution is -2.38. The van der Waals surface area contributed by atoms with E-state index < -0.39 is 0 Å². The van der Waals surface area contributed by atoms with Crippen molar-refractivity contribution in [1.29, 1.82) is 0 Å². The second-order valence-electron chi connectivity index (χ2n) is 6.74. The predicted octanol–water partition coefficient (Wildman–Crippen LogP) is 4.66. The number of rotatable bonds is 4. The summed E-state index contributed by atoms with van der Waals surface area (Å²) in [6, 6.07) is 14.6. The average molecular weight is 366 g/mol. The Hall–Kier alpha value is -2.40. The van der Waals surface area contributed by atoms with Crippen molar-refractivity contribution in [2.45, 2.75) is 32.1 Å². The summed E-state index contributed by atoms with van der Waals surface area (Å²) in [5, 5.41) is 2.00. The third kappa shape index (κ3) is 3.58. The molecule has 134 valence electrons. The number of hydrogen-bond acceptors (Lipinski definition) is 4. The van der Waals surface area contributed by atoms with E-state index in [1.54, 1.807) is 11.3 Å². The summed E-state index contributed by atoms with van der Waals surface area (Å²) < 4.78 is 5.75. The Balaban J connectivity index is 1.37. The third-order valence-electron chi connectivity index (χ3n) is 5.06. The maximum atomic E-state index is 12.7. The molecule has 1 fully saturated rings. The summed E-state index contributed by atoms with van der Waals surface area (Å²) in [6.07, 6.45) is 2.36. The first-order valence-corrected chi connectivity index (χ1v) is 9.91. The Morgan fingerprint density at radius 3 is 2.65 bits per heavy atom. The van der Waals surface area contributed by atoms with Gasteiger partial charge >= 0.3 is 0 Å². The van der Waals surface area contributed by atoms with Crippen molar-refractivity contribution in [2.75, 3.05) is 13.1 Å². The molecule has 1 aliphatic heterocycles. The van der Waals surface area contributed by atoms with E-state index in [9.17, 15) is 4.79 Å². The van der Waals surface area contributed by atoms with Gasteiger partial charge in [0.1, 0.15) is 5.76 Å². The van der Waals surface area contributed by atoms with E-state index in [4.69, 9.17) is 4.42 Å². The van der Waals surface area contributed by atoms with Crippen LogP contribution in [0.2, 0.25) is 0 Å². The molecule has 4 rings (SSSR count). The lowest BCUT2D eigenvalue weighted by atomic mass is 9.89. The van der Waals surface area contributed by atoms with E-state index in [-0.39, 0.29) is 5.91 Å². The lowest BCUT2D eigenvalue weighted by Gasteiger charge is -2.32. The van der Waals surface area contributed by atoms with Crippen LogP contribution in [0.3, 0.4) is 0 Å². The fourth-order valence-electron chi connectivity index (χ4n) is 3.54. The number of carbonyl (C=O) groups excluding carboxylic acids is 1. The molecule has 0 N–H and O–H groups in total. The van der Waals surface area contributed by atoms with Gasteiger partial charge in [-0.1, -0.05) is 36.4 Å². The van der Waals surface area contributed by atoms with Crippen molar-refractivity contribution < 1.29 is 9.21 Å². The van der Waals surface area contributed by atoms with Crippen LogP contribution in [0.5, 0.6) is 0 Å². The van der Waals surface area contributed by atoms with Crippen LogP contribution in [0.1, 0.15) is 35.8 Å². The highest BCUT2D eigenvalue weighted by atomic mass is 32.1. The number of carbonyl (C=O) groups is 1. The summed E-state index contributed by atoms with van der Waals surface area (Å²) in [4.78, 5) is 20.2. The highest BCUT2D eigenvalue weighted by molar-refractivity contribution is 7.13. The first-order valence-electron chi connectivity index (χ1n) is 9.03. The van der Waals surface area contributed by atoms with Crippen LogP contribution in [0.4, 0.5) is 0 Å². The number of aromatic nitrogens is 1. The number of nitrogens with zero attached hydrogens (tertiary/aromatic N) is 2. The van der Waals surface area contributed by atoms with Gasteiger partial charge in [0.15, 0.2) is 0 Å². The van der Waals surface area contributed by atoms with Crippen LogP contribution in [0.25, 0.3) is 10.8 Å². The van der Waals surface area contributed by atoms with E-state index in [2.05, 4.69) is 29.2 Å². The Bertz CT molecular complexity index is 863. The predicted molar refractivity (Wildman–Crippen MR) is 103 cm³/mol. The SMILES string of the molecule is Cc1oc(-c2cccs2)nc1CC(=O)N1CCC(c2ccccc2)CC1. The van der Waals surface area contributed by atoms with Crippen LogP contribution >= 0.6 is 11.3 Å². The number of oxazole rings is 1. The number of piperidine rings is 1. The monoisotopic (exact) mass is 366 g/mol. The molecule has 4 nitrogen and oxygen atoms in total. The van der Waals surface area contributed by atoms with Crippen LogP contribution in [-0.4, -0.2) is 28.9 Å². The summed E-state index contributed by atoms with van der Waals surface area (Å²) >= 11 is 1.59. The van der Waals surface area contributed by atoms with Crippen molar-refractivity contribution in [3.63, 3.8) is 0 Å². The fraction of sp³-hybridized carbons (Fsp3) is 0.333. The molecule has 1 saturated heterocycles. The van der Waals surface area contributed by atoms with Gasteiger partial charge < -0.3 is 9.32 Å². The number of hydrogen-bond donors (Lipinski definition) is 0. The minimum atomic E-state index is 0.144. The summed E-state index contributed by atoms with van der Waals surface area (Å²) in [6.45, 7) is 3.51. The zero-order valence-electron chi connectivity index (χ0n) is 14.9. The van der Waals surface area contributed by atoms with Crippen molar-refractivity contribution in [1.82, 2.24) is 9.88 Å². The van der Waals surface area contributed by atoms with Gasteiger partial charge in [-0.05, 0) is 42.7 Å². The normalized spacial score (nSPS) is 15.3. The Morgan fingerprint density at radius 1 is 1.19 bits per heavy atom. The molecule has 1 aromatic carbocycles. The molecule has 2 aromatic heterocycles. The molecule has 0 aliphatic carbocycles. The van der Waals surface area contributed by atoms with E-state index in [1.165, 1.54) is 5.56 Å². The van der Waals surface area contributed by atoms with Gasteiger partial charge in [-0.3, -0.25) is 4.79 Å². The minimum absolute atomic E-state index is 0.144. The maximum absolute atomic E-state index is 12.7. The van der Waals surface area contributed by atoms with Gasteiger partial charge in [0, 0.05) is 13.1 Å². The first kappa shape index (κ1) is 17.0.